The average molecular weight is 256 g/mol. The molecule has 0 unspecified atom stereocenters. The van der Waals surface area contributed by atoms with E-state index in [1.807, 2.05) is 12.3 Å². The van der Waals surface area contributed by atoms with Crippen molar-refractivity contribution in [2.24, 2.45) is 5.73 Å². The van der Waals surface area contributed by atoms with E-state index in [9.17, 15) is 0 Å². The number of aromatic amines is 1. The van der Waals surface area contributed by atoms with E-state index in [0.717, 1.165) is 41.9 Å². The average Bonchev–Trinajstić information content (AvgIpc) is 3.04. The van der Waals surface area contributed by atoms with Crippen LogP contribution in [0.15, 0.2) is 18.5 Å². The van der Waals surface area contributed by atoms with Crippen LogP contribution in [0.25, 0.3) is 16.8 Å². The van der Waals surface area contributed by atoms with E-state index in [4.69, 9.17) is 5.73 Å². The Morgan fingerprint density at radius 1 is 1.32 bits per heavy atom. The summed E-state index contributed by atoms with van der Waals surface area (Å²) in [6, 6.07) is 2.31. The van der Waals surface area contributed by atoms with Crippen molar-refractivity contribution in [1.29, 1.82) is 0 Å². The van der Waals surface area contributed by atoms with Gasteiger partial charge in [-0.15, -0.1) is 10.2 Å². The van der Waals surface area contributed by atoms with Crippen molar-refractivity contribution < 1.29 is 0 Å². The van der Waals surface area contributed by atoms with Crippen molar-refractivity contribution >= 4 is 16.8 Å². The van der Waals surface area contributed by atoms with Crippen molar-refractivity contribution in [2.75, 3.05) is 0 Å². The quantitative estimate of drug-likeness (QED) is 0.692. The van der Waals surface area contributed by atoms with E-state index in [0.29, 0.717) is 5.92 Å². The fourth-order valence-electron chi connectivity index (χ4n) is 3.12. The van der Waals surface area contributed by atoms with Crippen molar-refractivity contribution in [2.45, 2.75) is 37.6 Å². The second kappa shape index (κ2) is 4.03. The number of hydrogen-bond donors (Lipinski definition) is 2. The third-order valence-corrected chi connectivity index (χ3v) is 4.05. The van der Waals surface area contributed by atoms with Crippen LogP contribution in [-0.2, 0) is 0 Å². The zero-order valence-electron chi connectivity index (χ0n) is 10.6. The van der Waals surface area contributed by atoms with Crippen LogP contribution < -0.4 is 5.73 Å². The molecule has 19 heavy (non-hydrogen) atoms. The lowest BCUT2D eigenvalue weighted by Gasteiger charge is -2.25. The molecule has 0 bridgehead atoms. The Hall–Kier alpha value is -1.95. The highest BCUT2D eigenvalue weighted by atomic mass is 15.3. The molecule has 3 aromatic rings. The normalized spacial score (nSPS) is 24.3. The predicted octanol–water partition coefficient (Wildman–Crippen LogP) is 1.59. The van der Waals surface area contributed by atoms with Gasteiger partial charge in [0, 0.05) is 18.2 Å². The number of nitrogens with zero attached hydrogens (tertiary/aromatic N) is 4. The highest BCUT2D eigenvalue weighted by Gasteiger charge is 2.25. The van der Waals surface area contributed by atoms with Crippen molar-refractivity contribution in [3.8, 4) is 0 Å². The van der Waals surface area contributed by atoms with Crippen LogP contribution in [0.1, 0.15) is 37.4 Å². The molecule has 0 amide bonds. The first kappa shape index (κ1) is 10.9. The summed E-state index contributed by atoms with van der Waals surface area (Å²) in [5.74, 6) is 1.43. The molecular weight excluding hydrogens is 240 g/mol. The molecule has 3 N–H and O–H groups in total. The lowest BCUT2D eigenvalue weighted by atomic mass is 9.85. The summed E-state index contributed by atoms with van der Waals surface area (Å²) in [5, 5.41) is 8.63. The molecule has 0 spiro atoms. The molecule has 1 saturated carbocycles. The van der Waals surface area contributed by atoms with Crippen LogP contribution in [0.5, 0.6) is 0 Å². The lowest BCUT2D eigenvalue weighted by Crippen LogP contribution is -2.27. The summed E-state index contributed by atoms with van der Waals surface area (Å²) >= 11 is 0. The molecule has 6 nitrogen and oxygen atoms in total. The molecule has 1 fully saturated rings. The van der Waals surface area contributed by atoms with Crippen LogP contribution in [0.4, 0.5) is 0 Å². The van der Waals surface area contributed by atoms with Gasteiger partial charge in [0.15, 0.2) is 11.3 Å². The van der Waals surface area contributed by atoms with E-state index >= 15 is 0 Å². The Balaban J connectivity index is 1.91. The second-order valence-electron chi connectivity index (χ2n) is 5.35. The monoisotopic (exact) mass is 256 g/mol. The first-order valence-electron chi connectivity index (χ1n) is 6.75. The number of aromatic nitrogens is 5. The summed E-state index contributed by atoms with van der Waals surface area (Å²) in [5.41, 5.74) is 8.81. The smallest absolute Gasteiger partial charge is 0.179 e. The van der Waals surface area contributed by atoms with Gasteiger partial charge in [-0.3, -0.25) is 4.40 Å². The van der Waals surface area contributed by atoms with Gasteiger partial charge in [-0.2, -0.15) is 0 Å². The number of hydrogen-bond acceptors (Lipinski definition) is 4. The predicted molar refractivity (Wildman–Crippen MR) is 71.8 cm³/mol. The highest BCUT2D eigenvalue weighted by Crippen LogP contribution is 2.32. The molecule has 6 heteroatoms. The van der Waals surface area contributed by atoms with Gasteiger partial charge in [0.05, 0.1) is 11.7 Å². The Morgan fingerprint density at radius 2 is 2.26 bits per heavy atom. The Bertz CT molecular complexity index is 727. The van der Waals surface area contributed by atoms with Crippen LogP contribution in [-0.4, -0.2) is 30.6 Å². The molecule has 0 saturated heterocycles. The van der Waals surface area contributed by atoms with Crippen LogP contribution in [0, 0.1) is 0 Å². The van der Waals surface area contributed by atoms with Crippen molar-refractivity contribution in [1.82, 2.24) is 24.6 Å². The Kier molecular flexibility index (Phi) is 2.32. The Morgan fingerprint density at radius 3 is 3.16 bits per heavy atom. The maximum Gasteiger partial charge on any atom is 0.179 e. The molecule has 1 aliphatic carbocycles. The summed E-state index contributed by atoms with van der Waals surface area (Å²) in [7, 11) is 0. The van der Waals surface area contributed by atoms with Gasteiger partial charge in [0.25, 0.3) is 0 Å². The van der Waals surface area contributed by atoms with Gasteiger partial charge < -0.3 is 10.7 Å². The fraction of sp³-hybridized carbons (Fsp3) is 0.462. The molecule has 0 aromatic carbocycles. The fourth-order valence-corrected chi connectivity index (χ4v) is 3.12. The summed E-state index contributed by atoms with van der Waals surface area (Å²) < 4.78 is 2.11. The molecule has 2 atom stereocenters. The van der Waals surface area contributed by atoms with Gasteiger partial charge in [-0.05, 0) is 25.3 Å². The molecule has 4 rings (SSSR count). The first-order chi connectivity index (χ1) is 9.33. The summed E-state index contributed by atoms with van der Waals surface area (Å²) in [6.07, 6.45) is 8.08. The van der Waals surface area contributed by atoms with E-state index in [1.165, 1.54) is 6.42 Å². The molecule has 3 aromatic heterocycles. The van der Waals surface area contributed by atoms with Crippen LogP contribution in [0.3, 0.4) is 0 Å². The third-order valence-electron chi connectivity index (χ3n) is 4.05. The minimum absolute atomic E-state index is 0.287. The van der Waals surface area contributed by atoms with Gasteiger partial charge in [0.1, 0.15) is 5.82 Å². The zero-order chi connectivity index (χ0) is 12.8. The van der Waals surface area contributed by atoms with Gasteiger partial charge in [0.2, 0.25) is 0 Å². The SMILES string of the molecule is N[C@H]1CCC[C@H](c2nnc3cnc4[nH]ccc4n23)C1. The summed E-state index contributed by atoms with van der Waals surface area (Å²) in [6.45, 7) is 0. The minimum Gasteiger partial charge on any atom is -0.345 e. The number of nitrogens with two attached hydrogens (primary N) is 1. The van der Waals surface area contributed by atoms with Gasteiger partial charge in [-0.1, -0.05) is 6.42 Å². The first-order valence-corrected chi connectivity index (χ1v) is 6.75. The van der Waals surface area contributed by atoms with Gasteiger partial charge >= 0.3 is 0 Å². The lowest BCUT2D eigenvalue weighted by molar-refractivity contribution is 0.381. The largest absolute Gasteiger partial charge is 0.345 e. The van der Waals surface area contributed by atoms with Crippen LogP contribution >= 0.6 is 0 Å². The van der Waals surface area contributed by atoms with Crippen molar-refractivity contribution in [3.63, 3.8) is 0 Å². The molecule has 1 aliphatic rings. The van der Waals surface area contributed by atoms with E-state index in [-0.39, 0.29) is 6.04 Å². The van der Waals surface area contributed by atoms with E-state index in [1.54, 1.807) is 6.20 Å². The summed E-state index contributed by atoms with van der Waals surface area (Å²) in [4.78, 5) is 7.47. The number of nitrogens with one attached hydrogen (secondary N) is 1. The Labute approximate surface area is 110 Å². The molecule has 98 valence electrons. The molecular formula is C13H16N6. The third kappa shape index (κ3) is 1.63. The molecule has 0 aliphatic heterocycles. The van der Waals surface area contributed by atoms with E-state index in [2.05, 4.69) is 24.6 Å². The zero-order valence-corrected chi connectivity index (χ0v) is 10.6. The molecule has 0 radical (unpaired) electrons. The minimum atomic E-state index is 0.287. The topological polar surface area (TPSA) is 84.9 Å². The van der Waals surface area contributed by atoms with Crippen molar-refractivity contribution in [3.05, 3.63) is 24.3 Å². The number of rotatable bonds is 1. The van der Waals surface area contributed by atoms with E-state index < -0.39 is 0 Å². The van der Waals surface area contributed by atoms with Crippen LogP contribution in [0.2, 0.25) is 0 Å². The standard InChI is InChI=1S/C13H16N6/c14-9-3-1-2-8(6-9)13-18-17-11-7-16-12-10(19(11)13)4-5-15-12/h4-5,7-9,15H,1-3,6,14H2/t8-,9-/m0/s1. The molecule has 3 heterocycles. The number of H-pyrrole nitrogens is 1. The second-order valence-corrected chi connectivity index (χ2v) is 5.35. The maximum atomic E-state index is 6.09. The maximum absolute atomic E-state index is 6.09. The van der Waals surface area contributed by atoms with Gasteiger partial charge in [-0.25, -0.2) is 4.98 Å². The number of fused-ring (bicyclic) bond motifs is 3. The highest BCUT2D eigenvalue weighted by molar-refractivity contribution is 5.74.